The van der Waals surface area contributed by atoms with Crippen LogP contribution in [-0.4, -0.2) is 36.5 Å². The molecule has 1 atom stereocenters. The Balaban J connectivity index is 1.58. The fraction of sp³-hybridized carbons (Fsp3) is 0.381. The van der Waals surface area contributed by atoms with Gasteiger partial charge in [0.15, 0.2) is 12.4 Å². The van der Waals surface area contributed by atoms with Gasteiger partial charge in [-0.1, -0.05) is 43.2 Å². The highest BCUT2D eigenvalue weighted by Gasteiger charge is 2.25. The lowest BCUT2D eigenvalue weighted by Gasteiger charge is -2.18. The monoisotopic (exact) mass is 384 g/mol. The Kier molecular flexibility index (Phi) is 6.84. The summed E-state index contributed by atoms with van der Waals surface area (Å²) >= 11 is 0. The summed E-state index contributed by atoms with van der Waals surface area (Å²) in [6, 6.07) is 11.6. The Morgan fingerprint density at radius 2 is 1.82 bits per heavy atom. The van der Waals surface area contributed by atoms with E-state index < -0.39 is 17.9 Å². The molecule has 1 aromatic carbocycles. The van der Waals surface area contributed by atoms with E-state index in [9.17, 15) is 14.4 Å². The molecule has 1 aliphatic rings. The van der Waals surface area contributed by atoms with Crippen LogP contribution in [0.5, 0.6) is 0 Å². The number of amides is 2. The third-order valence-corrected chi connectivity index (χ3v) is 4.68. The molecule has 1 heterocycles. The summed E-state index contributed by atoms with van der Waals surface area (Å²) in [5, 5.41) is 5.49. The summed E-state index contributed by atoms with van der Waals surface area (Å²) in [5.74, 6) is -1.40. The largest absolute Gasteiger partial charge is 0.459 e. The number of furan rings is 1. The fourth-order valence-corrected chi connectivity index (χ4v) is 3.26. The van der Waals surface area contributed by atoms with Crippen LogP contribution in [0.2, 0.25) is 0 Å². The van der Waals surface area contributed by atoms with E-state index in [1.54, 1.807) is 6.07 Å². The third kappa shape index (κ3) is 5.70. The average Bonchev–Trinajstić information content (AvgIpc) is 3.40. The predicted molar refractivity (Wildman–Crippen MR) is 101 cm³/mol. The standard InChI is InChI=1S/C21H24N2O5/c24-19(22-16-9-4-5-10-16)14-28-21(26)17(13-15-7-2-1-3-8-15)23-20(25)18-11-6-12-27-18/h1-3,6-8,11-12,16-17H,4-5,9-10,13-14H2,(H,22,24)(H,23,25)/t17-/m0/s1. The van der Waals surface area contributed by atoms with Crippen LogP contribution in [0.15, 0.2) is 53.1 Å². The lowest BCUT2D eigenvalue weighted by Crippen LogP contribution is -2.44. The molecule has 0 bridgehead atoms. The van der Waals surface area contributed by atoms with E-state index in [-0.39, 0.29) is 30.7 Å². The van der Waals surface area contributed by atoms with E-state index in [1.165, 1.54) is 12.3 Å². The number of ether oxygens (including phenoxy) is 1. The van der Waals surface area contributed by atoms with Crippen molar-refractivity contribution in [2.75, 3.05) is 6.61 Å². The zero-order valence-corrected chi connectivity index (χ0v) is 15.6. The Bertz CT molecular complexity index is 782. The Hall–Kier alpha value is -3.09. The summed E-state index contributed by atoms with van der Waals surface area (Å²) in [7, 11) is 0. The van der Waals surface area contributed by atoms with Gasteiger partial charge < -0.3 is 19.8 Å². The van der Waals surface area contributed by atoms with Gasteiger partial charge in [-0.15, -0.1) is 0 Å². The molecule has 0 aliphatic heterocycles. The van der Waals surface area contributed by atoms with Crippen LogP contribution >= 0.6 is 0 Å². The van der Waals surface area contributed by atoms with Crippen LogP contribution in [0.1, 0.15) is 41.8 Å². The maximum Gasteiger partial charge on any atom is 0.329 e. The molecule has 1 aliphatic carbocycles. The normalized spacial score (nSPS) is 15.0. The van der Waals surface area contributed by atoms with E-state index in [4.69, 9.17) is 9.15 Å². The molecule has 0 spiro atoms. The zero-order chi connectivity index (χ0) is 19.8. The molecule has 1 saturated carbocycles. The molecular weight excluding hydrogens is 360 g/mol. The highest BCUT2D eigenvalue weighted by atomic mass is 16.5. The van der Waals surface area contributed by atoms with Crippen molar-refractivity contribution in [1.82, 2.24) is 10.6 Å². The van der Waals surface area contributed by atoms with Gasteiger partial charge in [-0.25, -0.2) is 4.79 Å². The van der Waals surface area contributed by atoms with Crippen molar-refractivity contribution in [3.05, 3.63) is 60.1 Å². The van der Waals surface area contributed by atoms with E-state index in [0.29, 0.717) is 0 Å². The van der Waals surface area contributed by atoms with Gasteiger partial charge in [-0.05, 0) is 30.5 Å². The van der Waals surface area contributed by atoms with Crippen molar-refractivity contribution in [3.63, 3.8) is 0 Å². The highest BCUT2D eigenvalue weighted by molar-refractivity contribution is 5.94. The number of carbonyl (C=O) groups is 3. The minimum Gasteiger partial charge on any atom is -0.459 e. The van der Waals surface area contributed by atoms with Gasteiger partial charge in [0.2, 0.25) is 0 Å². The molecule has 1 fully saturated rings. The lowest BCUT2D eigenvalue weighted by atomic mass is 10.1. The first-order valence-electron chi connectivity index (χ1n) is 9.46. The number of hydrogen-bond donors (Lipinski definition) is 2. The molecule has 28 heavy (non-hydrogen) atoms. The van der Waals surface area contributed by atoms with Crippen LogP contribution in [0.4, 0.5) is 0 Å². The van der Waals surface area contributed by atoms with E-state index in [1.807, 2.05) is 30.3 Å². The van der Waals surface area contributed by atoms with Crippen molar-refractivity contribution in [1.29, 1.82) is 0 Å². The minimum atomic E-state index is -0.931. The van der Waals surface area contributed by atoms with Gasteiger partial charge in [-0.2, -0.15) is 0 Å². The number of nitrogens with one attached hydrogen (secondary N) is 2. The van der Waals surface area contributed by atoms with E-state index >= 15 is 0 Å². The molecule has 3 rings (SSSR count). The number of esters is 1. The first kappa shape index (κ1) is 19.7. The Morgan fingerprint density at radius 1 is 1.07 bits per heavy atom. The molecule has 0 unspecified atom stereocenters. The molecule has 2 amide bonds. The summed E-state index contributed by atoms with van der Waals surface area (Å²) in [5.41, 5.74) is 0.861. The number of carbonyl (C=O) groups excluding carboxylic acids is 3. The van der Waals surface area contributed by atoms with Gasteiger partial charge in [0, 0.05) is 12.5 Å². The molecule has 2 aromatic rings. The van der Waals surface area contributed by atoms with Gasteiger partial charge in [0.1, 0.15) is 6.04 Å². The smallest absolute Gasteiger partial charge is 0.329 e. The summed E-state index contributed by atoms with van der Waals surface area (Å²) in [6.45, 7) is -0.364. The van der Waals surface area contributed by atoms with Crippen LogP contribution in [0.3, 0.4) is 0 Å². The molecule has 1 aromatic heterocycles. The minimum absolute atomic E-state index is 0.102. The maximum atomic E-state index is 12.5. The van der Waals surface area contributed by atoms with E-state index in [2.05, 4.69) is 10.6 Å². The van der Waals surface area contributed by atoms with Crippen LogP contribution < -0.4 is 10.6 Å². The predicted octanol–water partition coefficient (Wildman–Crippen LogP) is 2.22. The number of benzene rings is 1. The van der Waals surface area contributed by atoms with Crippen LogP contribution in [0.25, 0.3) is 0 Å². The number of hydrogen-bond acceptors (Lipinski definition) is 5. The Morgan fingerprint density at radius 3 is 2.50 bits per heavy atom. The van der Waals surface area contributed by atoms with Crippen LogP contribution in [-0.2, 0) is 20.7 Å². The quantitative estimate of drug-likeness (QED) is 0.680. The molecule has 148 valence electrons. The first-order valence-corrected chi connectivity index (χ1v) is 9.46. The van der Waals surface area contributed by atoms with Gasteiger partial charge in [0.05, 0.1) is 6.26 Å². The average molecular weight is 384 g/mol. The van der Waals surface area contributed by atoms with Gasteiger partial charge >= 0.3 is 5.97 Å². The van der Waals surface area contributed by atoms with Crippen molar-refractivity contribution in [2.24, 2.45) is 0 Å². The second-order valence-corrected chi connectivity index (χ2v) is 6.85. The molecule has 0 radical (unpaired) electrons. The fourth-order valence-electron chi connectivity index (χ4n) is 3.26. The van der Waals surface area contributed by atoms with Crippen molar-refractivity contribution in [3.8, 4) is 0 Å². The van der Waals surface area contributed by atoms with Crippen LogP contribution in [0, 0.1) is 0 Å². The Labute approximate surface area is 163 Å². The van der Waals surface area contributed by atoms with Gasteiger partial charge in [0.25, 0.3) is 11.8 Å². The summed E-state index contributed by atoms with van der Waals surface area (Å²) < 4.78 is 10.2. The summed E-state index contributed by atoms with van der Waals surface area (Å²) in [6.07, 6.45) is 5.74. The second kappa shape index (κ2) is 9.73. The third-order valence-electron chi connectivity index (χ3n) is 4.68. The highest BCUT2D eigenvalue weighted by Crippen LogP contribution is 2.17. The zero-order valence-electron chi connectivity index (χ0n) is 15.6. The first-order chi connectivity index (χ1) is 13.6. The lowest BCUT2D eigenvalue weighted by molar-refractivity contribution is -0.150. The van der Waals surface area contributed by atoms with Crippen molar-refractivity contribution >= 4 is 17.8 Å². The number of rotatable bonds is 8. The molecule has 0 saturated heterocycles. The molecular formula is C21H24N2O5. The van der Waals surface area contributed by atoms with Crippen molar-refractivity contribution in [2.45, 2.75) is 44.2 Å². The molecule has 2 N–H and O–H groups in total. The summed E-state index contributed by atoms with van der Waals surface area (Å²) in [4.78, 5) is 36.8. The van der Waals surface area contributed by atoms with Crippen molar-refractivity contribution < 1.29 is 23.5 Å². The second-order valence-electron chi connectivity index (χ2n) is 6.85. The van der Waals surface area contributed by atoms with Gasteiger partial charge in [-0.3, -0.25) is 9.59 Å². The molecule has 7 nitrogen and oxygen atoms in total. The van der Waals surface area contributed by atoms with E-state index in [0.717, 1.165) is 31.2 Å². The SMILES string of the molecule is O=C(COC(=O)[C@H](Cc1ccccc1)NC(=O)c1ccco1)NC1CCCC1. The maximum absolute atomic E-state index is 12.5. The topological polar surface area (TPSA) is 97.6 Å². The molecule has 7 heteroatoms.